The summed E-state index contributed by atoms with van der Waals surface area (Å²) in [7, 11) is 0. The second-order valence-electron chi connectivity index (χ2n) is 5.03. The van der Waals surface area contributed by atoms with Gasteiger partial charge in [-0.3, -0.25) is 0 Å². The molecular formula is C16H14F3N. The quantitative estimate of drug-likeness (QED) is 0.846. The molecule has 1 nitrogen and oxygen atoms in total. The van der Waals surface area contributed by atoms with Crippen LogP contribution in [0.5, 0.6) is 0 Å². The second-order valence-corrected chi connectivity index (χ2v) is 5.03. The first kappa shape index (κ1) is 13.0. The van der Waals surface area contributed by atoms with Crippen LogP contribution in [0.3, 0.4) is 0 Å². The summed E-state index contributed by atoms with van der Waals surface area (Å²) in [5.74, 6) is -2.70. The van der Waals surface area contributed by atoms with E-state index >= 15 is 0 Å². The third kappa shape index (κ3) is 2.38. The molecule has 1 atom stereocenters. The fourth-order valence-corrected chi connectivity index (χ4v) is 2.76. The largest absolute Gasteiger partial charge is 0.373 e. The van der Waals surface area contributed by atoms with Gasteiger partial charge >= 0.3 is 0 Å². The summed E-state index contributed by atoms with van der Waals surface area (Å²) >= 11 is 0. The Morgan fingerprint density at radius 3 is 2.45 bits per heavy atom. The average Bonchev–Trinajstić information content (AvgIpc) is 2.43. The van der Waals surface area contributed by atoms with Gasteiger partial charge in [-0.05, 0) is 30.4 Å². The van der Waals surface area contributed by atoms with Crippen molar-refractivity contribution in [2.24, 2.45) is 0 Å². The fourth-order valence-electron chi connectivity index (χ4n) is 2.76. The Hall–Kier alpha value is -1.97. The van der Waals surface area contributed by atoms with Gasteiger partial charge < -0.3 is 5.32 Å². The predicted octanol–water partition coefficient (Wildman–Crippen LogP) is 4.59. The van der Waals surface area contributed by atoms with Gasteiger partial charge in [0.15, 0.2) is 11.6 Å². The zero-order valence-corrected chi connectivity index (χ0v) is 10.8. The summed E-state index contributed by atoms with van der Waals surface area (Å²) in [5, 5.41) is 2.88. The molecule has 0 spiro atoms. The van der Waals surface area contributed by atoms with E-state index in [-0.39, 0.29) is 11.7 Å². The fraction of sp³-hybridized carbons (Fsp3) is 0.250. The highest BCUT2D eigenvalue weighted by Gasteiger charge is 2.22. The zero-order valence-electron chi connectivity index (χ0n) is 10.8. The maximum Gasteiger partial charge on any atom is 0.152 e. The molecule has 1 aliphatic rings. The van der Waals surface area contributed by atoms with Gasteiger partial charge in [-0.25, -0.2) is 13.2 Å². The summed E-state index contributed by atoms with van der Waals surface area (Å²) in [6.45, 7) is 0. The molecule has 2 aromatic rings. The van der Waals surface area contributed by atoms with E-state index in [0.29, 0.717) is 12.1 Å². The molecule has 3 rings (SSSR count). The molecule has 0 bridgehead atoms. The van der Waals surface area contributed by atoms with Crippen molar-refractivity contribution in [2.75, 3.05) is 5.32 Å². The first-order chi connectivity index (χ1) is 9.65. The van der Waals surface area contributed by atoms with Crippen LogP contribution in [0.15, 0.2) is 36.4 Å². The Kier molecular flexibility index (Phi) is 3.38. The Morgan fingerprint density at radius 1 is 1.00 bits per heavy atom. The van der Waals surface area contributed by atoms with Crippen LogP contribution in [0.25, 0.3) is 0 Å². The van der Waals surface area contributed by atoms with Crippen molar-refractivity contribution in [3.8, 4) is 0 Å². The molecule has 0 fully saturated rings. The highest BCUT2D eigenvalue weighted by Crippen LogP contribution is 2.34. The third-order valence-electron chi connectivity index (χ3n) is 3.69. The number of nitrogens with one attached hydrogen (secondary N) is 1. The van der Waals surface area contributed by atoms with Crippen molar-refractivity contribution >= 4 is 5.69 Å². The number of benzene rings is 2. The Balaban J connectivity index is 1.94. The van der Waals surface area contributed by atoms with E-state index in [1.54, 1.807) is 0 Å². The molecule has 20 heavy (non-hydrogen) atoms. The lowest BCUT2D eigenvalue weighted by molar-refractivity contribution is 0.536. The molecule has 0 aromatic heterocycles. The van der Waals surface area contributed by atoms with Gasteiger partial charge in [-0.15, -0.1) is 0 Å². The Bertz CT molecular complexity index is 616. The number of aryl methyl sites for hydroxylation is 1. The minimum atomic E-state index is -0.908. The number of hydrogen-bond donors (Lipinski definition) is 1. The zero-order chi connectivity index (χ0) is 14.1. The molecular weight excluding hydrogens is 263 g/mol. The van der Waals surface area contributed by atoms with Gasteiger partial charge in [-0.1, -0.05) is 24.3 Å². The summed E-state index contributed by atoms with van der Waals surface area (Å²) in [4.78, 5) is 0. The van der Waals surface area contributed by atoms with Gasteiger partial charge in [0.05, 0.1) is 6.04 Å². The van der Waals surface area contributed by atoms with Crippen LogP contribution in [-0.4, -0.2) is 0 Å². The van der Waals surface area contributed by atoms with Crippen LogP contribution < -0.4 is 5.32 Å². The van der Waals surface area contributed by atoms with E-state index in [1.165, 1.54) is 5.56 Å². The van der Waals surface area contributed by atoms with E-state index in [9.17, 15) is 13.2 Å². The number of anilines is 1. The summed E-state index contributed by atoms with van der Waals surface area (Å²) in [6, 6.07) is 9.11. The highest BCUT2D eigenvalue weighted by molar-refractivity contribution is 5.49. The predicted molar refractivity (Wildman–Crippen MR) is 72.1 cm³/mol. The normalized spacial score (nSPS) is 17.6. The van der Waals surface area contributed by atoms with Crippen molar-refractivity contribution in [3.05, 3.63) is 65.0 Å². The van der Waals surface area contributed by atoms with E-state index in [2.05, 4.69) is 5.32 Å². The van der Waals surface area contributed by atoms with Gasteiger partial charge in [-0.2, -0.15) is 0 Å². The lowest BCUT2D eigenvalue weighted by Crippen LogP contribution is -2.18. The topological polar surface area (TPSA) is 12.0 Å². The van der Waals surface area contributed by atoms with Crippen molar-refractivity contribution in [2.45, 2.75) is 25.3 Å². The second kappa shape index (κ2) is 5.19. The van der Waals surface area contributed by atoms with Gasteiger partial charge in [0.1, 0.15) is 11.5 Å². The lowest BCUT2D eigenvalue weighted by Gasteiger charge is -2.27. The standard InChI is InChI=1S/C16H14F3N/c17-11-8-13(18)16(14(19)9-11)20-15-7-3-5-10-4-1-2-6-12(10)15/h1-2,4,6,8-9,15,20H,3,5,7H2. The van der Waals surface area contributed by atoms with Crippen LogP contribution in [0.1, 0.15) is 30.0 Å². The van der Waals surface area contributed by atoms with Crippen LogP contribution in [0.2, 0.25) is 0 Å². The summed E-state index contributed by atoms with van der Waals surface area (Å²) in [6.07, 6.45) is 2.73. The maximum atomic E-state index is 13.7. The Labute approximate surface area is 115 Å². The highest BCUT2D eigenvalue weighted by atomic mass is 19.1. The molecule has 1 N–H and O–H groups in total. The first-order valence-corrected chi connectivity index (χ1v) is 6.64. The van der Waals surface area contributed by atoms with Gasteiger partial charge in [0.25, 0.3) is 0 Å². The van der Waals surface area contributed by atoms with Crippen molar-refractivity contribution in [3.63, 3.8) is 0 Å². The van der Waals surface area contributed by atoms with Gasteiger partial charge in [0.2, 0.25) is 0 Å². The first-order valence-electron chi connectivity index (χ1n) is 6.64. The van der Waals surface area contributed by atoms with Crippen molar-refractivity contribution in [1.29, 1.82) is 0 Å². The SMILES string of the molecule is Fc1cc(F)c(NC2CCCc3ccccc32)c(F)c1. The van der Waals surface area contributed by atoms with Crippen molar-refractivity contribution < 1.29 is 13.2 Å². The molecule has 0 radical (unpaired) electrons. The van der Waals surface area contributed by atoms with Crippen molar-refractivity contribution in [1.82, 2.24) is 0 Å². The Morgan fingerprint density at radius 2 is 1.70 bits per heavy atom. The smallest absolute Gasteiger partial charge is 0.152 e. The maximum absolute atomic E-state index is 13.7. The van der Waals surface area contributed by atoms with Crippen LogP contribution >= 0.6 is 0 Å². The molecule has 2 aromatic carbocycles. The van der Waals surface area contributed by atoms with E-state index < -0.39 is 17.5 Å². The minimum Gasteiger partial charge on any atom is -0.373 e. The molecule has 0 saturated carbocycles. The van der Waals surface area contributed by atoms with E-state index in [0.717, 1.165) is 24.8 Å². The van der Waals surface area contributed by atoms with Crippen LogP contribution in [-0.2, 0) is 6.42 Å². The molecule has 4 heteroatoms. The minimum absolute atomic E-state index is 0.144. The molecule has 0 heterocycles. The molecule has 0 aliphatic heterocycles. The molecule has 1 unspecified atom stereocenters. The molecule has 0 amide bonds. The summed E-state index contributed by atoms with van der Waals surface area (Å²) < 4.78 is 40.3. The summed E-state index contributed by atoms with van der Waals surface area (Å²) in [5.41, 5.74) is 1.99. The van der Waals surface area contributed by atoms with Crippen LogP contribution in [0.4, 0.5) is 18.9 Å². The monoisotopic (exact) mass is 277 g/mol. The van der Waals surface area contributed by atoms with Gasteiger partial charge in [0, 0.05) is 12.1 Å². The average molecular weight is 277 g/mol. The number of halogens is 3. The third-order valence-corrected chi connectivity index (χ3v) is 3.69. The van der Waals surface area contributed by atoms with Crippen LogP contribution in [0, 0.1) is 17.5 Å². The van der Waals surface area contributed by atoms with E-state index in [1.807, 2.05) is 24.3 Å². The number of fused-ring (bicyclic) bond motifs is 1. The number of rotatable bonds is 2. The molecule has 0 saturated heterocycles. The lowest BCUT2D eigenvalue weighted by atomic mass is 9.87. The number of hydrogen-bond acceptors (Lipinski definition) is 1. The van der Waals surface area contributed by atoms with E-state index in [4.69, 9.17) is 0 Å². The molecule has 104 valence electrons. The molecule has 1 aliphatic carbocycles.